The van der Waals surface area contributed by atoms with Crippen LogP contribution in [-0.2, 0) is 4.79 Å². The second-order valence-electron chi connectivity index (χ2n) is 4.20. The first-order valence-electron chi connectivity index (χ1n) is 5.64. The Balaban J connectivity index is 2.51. The fraction of sp³-hybridized carbons (Fsp3) is 0.583. The molecule has 1 heterocycles. The molecule has 0 aliphatic rings. The van der Waals surface area contributed by atoms with Gasteiger partial charge in [0.05, 0.1) is 12.1 Å². The Labute approximate surface area is 101 Å². The summed E-state index contributed by atoms with van der Waals surface area (Å²) in [5.74, 6) is 0.155. The van der Waals surface area contributed by atoms with Gasteiger partial charge in [-0.15, -0.1) is 0 Å². The summed E-state index contributed by atoms with van der Waals surface area (Å²) in [7, 11) is 0. The van der Waals surface area contributed by atoms with Crippen LogP contribution in [0.5, 0.6) is 0 Å². The van der Waals surface area contributed by atoms with Crippen molar-refractivity contribution >= 4 is 17.2 Å². The molecule has 0 spiro atoms. The summed E-state index contributed by atoms with van der Waals surface area (Å²) in [6.07, 6.45) is 0.918. The minimum atomic E-state index is -0.411. The summed E-state index contributed by atoms with van der Waals surface area (Å²) in [5.41, 5.74) is 7.00. The normalized spacial score (nSPS) is 16.5. The van der Waals surface area contributed by atoms with Crippen LogP contribution in [0.2, 0.25) is 0 Å². The number of nitrogens with two attached hydrogens (primary N) is 1. The SMILES string of the molecule is CC[C@H](C)[C@H](N)C(=O)NC(C)c1ccsc1. The van der Waals surface area contributed by atoms with Crippen LogP contribution in [-0.4, -0.2) is 11.9 Å². The molecule has 0 saturated carbocycles. The predicted molar refractivity (Wildman–Crippen MR) is 68.3 cm³/mol. The molecule has 1 amide bonds. The van der Waals surface area contributed by atoms with Gasteiger partial charge in [-0.2, -0.15) is 11.3 Å². The van der Waals surface area contributed by atoms with Gasteiger partial charge >= 0.3 is 0 Å². The minimum Gasteiger partial charge on any atom is -0.348 e. The van der Waals surface area contributed by atoms with E-state index < -0.39 is 6.04 Å². The van der Waals surface area contributed by atoms with Crippen molar-refractivity contribution in [2.45, 2.75) is 39.3 Å². The zero-order valence-corrected chi connectivity index (χ0v) is 10.9. The van der Waals surface area contributed by atoms with Gasteiger partial charge in [0.15, 0.2) is 0 Å². The number of hydrogen-bond donors (Lipinski definition) is 2. The quantitative estimate of drug-likeness (QED) is 0.829. The summed E-state index contributed by atoms with van der Waals surface area (Å²) in [6, 6.07) is 1.64. The number of thiophene rings is 1. The lowest BCUT2D eigenvalue weighted by molar-refractivity contribution is -0.124. The van der Waals surface area contributed by atoms with Crippen molar-refractivity contribution in [2.24, 2.45) is 11.7 Å². The summed E-state index contributed by atoms with van der Waals surface area (Å²) in [4.78, 5) is 11.8. The van der Waals surface area contributed by atoms with Crippen molar-refractivity contribution in [3.63, 3.8) is 0 Å². The molecule has 3 nitrogen and oxygen atoms in total. The van der Waals surface area contributed by atoms with Crippen LogP contribution in [0, 0.1) is 5.92 Å². The average Bonchev–Trinajstić information content (AvgIpc) is 2.80. The van der Waals surface area contributed by atoms with Crippen LogP contribution in [0.1, 0.15) is 38.8 Å². The molecular weight excluding hydrogens is 220 g/mol. The molecule has 0 aromatic carbocycles. The van der Waals surface area contributed by atoms with E-state index in [-0.39, 0.29) is 17.9 Å². The smallest absolute Gasteiger partial charge is 0.237 e. The minimum absolute atomic E-state index is 0.0360. The number of carbonyl (C=O) groups excluding carboxylic acids is 1. The lowest BCUT2D eigenvalue weighted by Gasteiger charge is -2.20. The fourth-order valence-corrected chi connectivity index (χ4v) is 2.18. The monoisotopic (exact) mass is 240 g/mol. The third-order valence-corrected chi connectivity index (χ3v) is 3.66. The Morgan fingerprint density at radius 3 is 2.75 bits per heavy atom. The maximum Gasteiger partial charge on any atom is 0.237 e. The Morgan fingerprint density at radius 2 is 2.25 bits per heavy atom. The average molecular weight is 240 g/mol. The van der Waals surface area contributed by atoms with Crippen LogP contribution in [0.3, 0.4) is 0 Å². The molecule has 3 N–H and O–H groups in total. The molecule has 1 aromatic rings. The number of carbonyl (C=O) groups is 1. The second-order valence-corrected chi connectivity index (χ2v) is 4.98. The van der Waals surface area contributed by atoms with Crippen molar-refractivity contribution in [3.05, 3.63) is 22.4 Å². The number of hydrogen-bond acceptors (Lipinski definition) is 3. The van der Waals surface area contributed by atoms with E-state index in [1.807, 2.05) is 37.6 Å². The first-order valence-corrected chi connectivity index (χ1v) is 6.58. The number of rotatable bonds is 5. The summed E-state index contributed by atoms with van der Waals surface area (Å²) >= 11 is 1.63. The molecule has 0 aliphatic carbocycles. The third kappa shape index (κ3) is 3.32. The molecule has 0 bridgehead atoms. The molecule has 0 fully saturated rings. The maximum atomic E-state index is 11.8. The highest BCUT2D eigenvalue weighted by atomic mass is 32.1. The Morgan fingerprint density at radius 1 is 1.56 bits per heavy atom. The van der Waals surface area contributed by atoms with E-state index in [9.17, 15) is 4.79 Å². The van der Waals surface area contributed by atoms with Gasteiger partial charge in [0.1, 0.15) is 0 Å². The molecule has 1 rings (SSSR count). The van der Waals surface area contributed by atoms with Gasteiger partial charge in [-0.3, -0.25) is 4.79 Å². The van der Waals surface area contributed by atoms with E-state index in [0.717, 1.165) is 12.0 Å². The van der Waals surface area contributed by atoms with Gasteiger partial charge in [-0.05, 0) is 35.2 Å². The van der Waals surface area contributed by atoms with Crippen molar-refractivity contribution in [3.8, 4) is 0 Å². The molecule has 1 unspecified atom stereocenters. The van der Waals surface area contributed by atoms with Crippen molar-refractivity contribution in [1.82, 2.24) is 5.32 Å². The highest BCUT2D eigenvalue weighted by Gasteiger charge is 2.21. The van der Waals surface area contributed by atoms with Gasteiger partial charge in [-0.1, -0.05) is 20.3 Å². The predicted octanol–water partition coefficient (Wildman–Crippen LogP) is 2.30. The Bertz CT molecular complexity index is 324. The van der Waals surface area contributed by atoms with Gasteiger partial charge in [0, 0.05) is 0 Å². The number of amides is 1. The van der Waals surface area contributed by atoms with Gasteiger partial charge < -0.3 is 11.1 Å². The van der Waals surface area contributed by atoms with E-state index in [1.165, 1.54) is 0 Å². The highest BCUT2D eigenvalue weighted by Crippen LogP contribution is 2.16. The summed E-state index contributed by atoms with van der Waals surface area (Å²) < 4.78 is 0. The zero-order valence-electron chi connectivity index (χ0n) is 10.1. The van der Waals surface area contributed by atoms with Crippen LogP contribution in [0.25, 0.3) is 0 Å². The van der Waals surface area contributed by atoms with Crippen LogP contribution < -0.4 is 11.1 Å². The Kier molecular flexibility index (Phi) is 4.96. The van der Waals surface area contributed by atoms with Crippen LogP contribution in [0.4, 0.5) is 0 Å². The lowest BCUT2D eigenvalue weighted by atomic mass is 9.99. The second kappa shape index (κ2) is 6.01. The standard InChI is InChI=1S/C12H20N2OS/c1-4-8(2)11(13)12(15)14-9(3)10-5-6-16-7-10/h5-9,11H,4,13H2,1-3H3,(H,14,15)/t8-,9?,11-/m0/s1. The van der Waals surface area contributed by atoms with Gasteiger partial charge in [0.2, 0.25) is 5.91 Å². The lowest BCUT2D eigenvalue weighted by Crippen LogP contribution is -2.45. The number of nitrogens with one attached hydrogen (secondary N) is 1. The molecule has 0 saturated heterocycles. The topological polar surface area (TPSA) is 55.1 Å². The van der Waals surface area contributed by atoms with E-state index in [2.05, 4.69) is 5.32 Å². The van der Waals surface area contributed by atoms with E-state index in [1.54, 1.807) is 11.3 Å². The van der Waals surface area contributed by atoms with Crippen molar-refractivity contribution in [1.29, 1.82) is 0 Å². The van der Waals surface area contributed by atoms with Crippen LogP contribution in [0.15, 0.2) is 16.8 Å². The molecule has 3 atom stereocenters. The van der Waals surface area contributed by atoms with E-state index >= 15 is 0 Å². The molecule has 1 aromatic heterocycles. The Hall–Kier alpha value is -0.870. The maximum absolute atomic E-state index is 11.8. The first-order chi connectivity index (χ1) is 7.56. The molecule has 0 radical (unpaired) electrons. The van der Waals surface area contributed by atoms with Gasteiger partial charge in [-0.25, -0.2) is 0 Å². The van der Waals surface area contributed by atoms with Gasteiger partial charge in [0.25, 0.3) is 0 Å². The largest absolute Gasteiger partial charge is 0.348 e. The fourth-order valence-electron chi connectivity index (χ4n) is 1.43. The zero-order chi connectivity index (χ0) is 12.1. The van der Waals surface area contributed by atoms with E-state index in [4.69, 9.17) is 5.73 Å². The molecule has 90 valence electrons. The summed E-state index contributed by atoms with van der Waals surface area (Å²) in [5, 5.41) is 6.99. The first kappa shape index (κ1) is 13.2. The molecule has 4 heteroatoms. The molecule has 16 heavy (non-hydrogen) atoms. The van der Waals surface area contributed by atoms with Crippen LogP contribution >= 0.6 is 11.3 Å². The highest BCUT2D eigenvalue weighted by molar-refractivity contribution is 7.07. The molecular formula is C12H20N2OS. The third-order valence-electron chi connectivity index (χ3n) is 2.96. The molecule has 0 aliphatic heterocycles. The van der Waals surface area contributed by atoms with E-state index in [0.29, 0.717) is 0 Å². The van der Waals surface area contributed by atoms with Crippen molar-refractivity contribution in [2.75, 3.05) is 0 Å². The summed E-state index contributed by atoms with van der Waals surface area (Å²) in [6.45, 7) is 6.02. The van der Waals surface area contributed by atoms with Crippen molar-refractivity contribution < 1.29 is 4.79 Å².